The Balaban J connectivity index is 0.000000212. The first-order chi connectivity index (χ1) is 13.7. The quantitative estimate of drug-likeness (QED) is 0.817. The van der Waals surface area contributed by atoms with Gasteiger partial charge in [0, 0.05) is 12.1 Å². The number of primary amides is 1. The van der Waals surface area contributed by atoms with Gasteiger partial charge in [-0.2, -0.15) is 0 Å². The Bertz CT molecular complexity index is 874. The standard InChI is InChI=1S/C12H14FNO2.C9H11FN2O/c1-8(2)14-10-4-3-9(13)7-11(10)16-6-5-12(14)15;10-7-4-2-1-3-6(7)5-8(11)9(12)13/h3-4,7-8H,5-6H2,1-2H3;1-4,8H,5,11H2,(H2,12,13). The molecule has 156 valence electrons. The van der Waals surface area contributed by atoms with E-state index in [0.717, 1.165) is 0 Å². The summed E-state index contributed by atoms with van der Waals surface area (Å²) in [7, 11) is 0. The average molecular weight is 405 g/mol. The van der Waals surface area contributed by atoms with Gasteiger partial charge >= 0.3 is 0 Å². The largest absolute Gasteiger partial charge is 0.491 e. The van der Waals surface area contributed by atoms with Crippen LogP contribution in [0.1, 0.15) is 25.8 Å². The summed E-state index contributed by atoms with van der Waals surface area (Å²) in [6.45, 7) is 4.16. The summed E-state index contributed by atoms with van der Waals surface area (Å²) < 4.78 is 31.5. The highest BCUT2D eigenvalue weighted by Gasteiger charge is 2.25. The van der Waals surface area contributed by atoms with Crippen molar-refractivity contribution in [2.75, 3.05) is 11.5 Å². The van der Waals surface area contributed by atoms with E-state index >= 15 is 0 Å². The van der Waals surface area contributed by atoms with Crippen molar-refractivity contribution in [2.45, 2.75) is 38.8 Å². The minimum Gasteiger partial charge on any atom is -0.491 e. The highest BCUT2D eigenvalue weighted by molar-refractivity contribution is 5.96. The number of hydrogen-bond donors (Lipinski definition) is 2. The average Bonchev–Trinajstić information content (AvgIpc) is 2.81. The lowest BCUT2D eigenvalue weighted by molar-refractivity contribution is -0.120. The van der Waals surface area contributed by atoms with Crippen LogP contribution in [-0.2, 0) is 16.0 Å². The van der Waals surface area contributed by atoms with Gasteiger partial charge in [0.05, 0.1) is 24.8 Å². The number of halogens is 2. The maximum Gasteiger partial charge on any atom is 0.234 e. The number of ether oxygens (including phenoxy) is 1. The molecule has 1 heterocycles. The normalized spacial score (nSPS) is 14.3. The van der Waals surface area contributed by atoms with Gasteiger partial charge in [-0.15, -0.1) is 0 Å². The molecular formula is C21H25F2N3O3. The molecule has 8 heteroatoms. The van der Waals surface area contributed by atoms with Crippen LogP contribution in [0, 0.1) is 11.6 Å². The Morgan fingerprint density at radius 1 is 1.21 bits per heavy atom. The Kier molecular flexibility index (Phi) is 7.67. The van der Waals surface area contributed by atoms with Gasteiger partial charge in [0.2, 0.25) is 11.8 Å². The summed E-state index contributed by atoms with van der Waals surface area (Å²) in [5, 5.41) is 0. The van der Waals surface area contributed by atoms with Crippen LogP contribution < -0.4 is 21.1 Å². The summed E-state index contributed by atoms with van der Waals surface area (Å²) >= 11 is 0. The van der Waals surface area contributed by atoms with Gasteiger partial charge in [-0.05, 0) is 44.0 Å². The summed E-state index contributed by atoms with van der Waals surface area (Å²) in [4.78, 5) is 24.1. The van der Waals surface area contributed by atoms with E-state index in [-0.39, 0.29) is 30.0 Å². The molecule has 0 radical (unpaired) electrons. The molecule has 0 bridgehead atoms. The molecule has 2 amide bonds. The Hall–Kier alpha value is -3.00. The monoisotopic (exact) mass is 405 g/mol. The third-order valence-electron chi connectivity index (χ3n) is 4.30. The predicted molar refractivity (Wildman–Crippen MR) is 106 cm³/mol. The number of anilines is 1. The molecule has 0 saturated heterocycles. The molecule has 0 aromatic heterocycles. The molecular weight excluding hydrogens is 380 g/mol. The van der Waals surface area contributed by atoms with Crippen LogP contribution >= 0.6 is 0 Å². The maximum absolute atomic E-state index is 13.1. The van der Waals surface area contributed by atoms with Crippen molar-refractivity contribution < 1.29 is 23.1 Å². The second-order valence-corrected chi connectivity index (χ2v) is 6.87. The third kappa shape index (κ3) is 5.99. The fourth-order valence-corrected chi connectivity index (χ4v) is 2.87. The molecule has 2 aromatic carbocycles. The summed E-state index contributed by atoms with van der Waals surface area (Å²) in [5.74, 6) is -0.876. The third-order valence-corrected chi connectivity index (χ3v) is 4.30. The Labute approximate surface area is 168 Å². The molecule has 4 N–H and O–H groups in total. The van der Waals surface area contributed by atoms with Gasteiger partial charge in [0.1, 0.15) is 17.4 Å². The lowest BCUT2D eigenvalue weighted by atomic mass is 10.1. The summed E-state index contributed by atoms with van der Waals surface area (Å²) in [6, 6.07) is 9.64. The van der Waals surface area contributed by atoms with E-state index in [1.165, 1.54) is 18.2 Å². The first kappa shape index (κ1) is 22.3. The van der Waals surface area contributed by atoms with Crippen LogP contribution in [0.4, 0.5) is 14.5 Å². The van der Waals surface area contributed by atoms with E-state index in [2.05, 4.69) is 0 Å². The minimum atomic E-state index is -0.822. The molecule has 6 nitrogen and oxygen atoms in total. The van der Waals surface area contributed by atoms with Crippen molar-refractivity contribution in [1.29, 1.82) is 0 Å². The number of benzene rings is 2. The zero-order valence-electron chi connectivity index (χ0n) is 16.4. The molecule has 1 aliphatic heterocycles. The number of rotatable bonds is 4. The molecule has 29 heavy (non-hydrogen) atoms. The first-order valence-electron chi connectivity index (χ1n) is 9.23. The number of nitrogens with zero attached hydrogens (tertiary/aromatic N) is 1. The summed E-state index contributed by atoms with van der Waals surface area (Å²) in [6.07, 6.45) is 0.469. The van der Waals surface area contributed by atoms with Crippen LogP contribution in [0.3, 0.4) is 0 Å². The molecule has 0 spiro atoms. The van der Waals surface area contributed by atoms with Gasteiger partial charge in [0.25, 0.3) is 0 Å². The van der Waals surface area contributed by atoms with E-state index in [1.807, 2.05) is 13.8 Å². The molecule has 1 unspecified atom stereocenters. The number of carbonyl (C=O) groups excluding carboxylic acids is 2. The van der Waals surface area contributed by atoms with Crippen LogP contribution in [0.25, 0.3) is 0 Å². The fourth-order valence-electron chi connectivity index (χ4n) is 2.87. The minimum absolute atomic E-state index is 0.0142. The van der Waals surface area contributed by atoms with E-state index in [1.54, 1.807) is 29.2 Å². The molecule has 1 atom stereocenters. The number of nitrogens with two attached hydrogens (primary N) is 2. The number of carbonyl (C=O) groups is 2. The molecule has 3 rings (SSSR count). The van der Waals surface area contributed by atoms with Gasteiger partial charge in [-0.3, -0.25) is 9.59 Å². The van der Waals surface area contributed by atoms with Gasteiger partial charge in [0.15, 0.2) is 0 Å². The van der Waals surface area contributed by atoms with E-state index < -0.39 is 11.9 Å². The second kappa shape index (κ2) is 9.97. The zero-order valence-corrected chi connectivity index (χ0v) is 16.4. The summed E-state index contributed by atoms with van der Waals surface area (Å²) in [5.41, 5.74) is 11.4. The molecule has 0 fully saturated rings. The molecule has 2 aromatic rings. The topological polar surface area (TPSA) is 98.6 Å². The maximum atomic E-state index is 13.1. The highest BCUT2D eigenvalue weighted by atomic mass is 19.1. The zero-order chi connectivity index (χ0) is 21.6. The molecule has 1 aliphatic rings. The fraction of sp³-hybridized carbons (Fsp3) is 0.333. The first-order valence-corrected chi connectivity index (χ1v) is 9.23. The van der Waals surface area contributed by atoms with Crippen LogP contribution in [0.15, 0.2) is 42.5 Å². The Morgan fingerprint density at radius 3 is 2.52 bits per heavy atom. The van der Waals surface area contributed by atoms with Crippen LogP contribution in [0.2, 0.25) is 0 Å². The SMILES string of the molecule is CC(C)N1C(=O)CCOc2cc(F)ccc21.NC(=O)C(N)Cc1ccccc1F. The molecule has 0 aliphatic carbocycles. The van der Waals surface area contributed by atoms with Crippen molar-refractivity contribution in [2.24, 2.45) is 11.5 Å². The van der Waals surface area contributed by atoms with Crippen molar-refractivity contribution in [3.05, 3.63) is 59.7 Å². The lowest BCUT2D eigenvalue weighted by Crippen LogP contribution is -2.38. The van der Waals surface area contributed by atoms with Crippen LogP contribution in [0.5, 0.6) is 5.75 Å². The van der Waals surface area contributed by atoms with Crippen molar-refractivity contribution in [3.8, 4) is 5.75 Å². The van der Waals surface area contributed by atoms with E-state index in [0.29, 0.717) is 30.0 Å². The Morgan fingerprint density at radius 2 is 1.90 bits per heavy atom. The van der Waals surface area contributed by atoms with Crippen molar-refractivity contribution in [3.63, 3.8) is 0 Å². The van der Waals surface area contributed by atoms with Gasteiger partial charge < -0.3 is 21.1 Å². The van der Waals surface area contributed by atoms with E-state index in [9.17, 15) is 18.4 Å². The smallest absolute Gasteiger partial charge is 0.234 e. The predicted octanol–water partition coefficient (Wildman–Crippen LogP) is 2.53. The van der Waals surface area contributed by atoms with Crippen LogP contribution in [-0.4, -0.2) is 30.5 Å². The highest BCUT2D eigenvalue weighted by Crippen LogP contribution is 2.33. The number of fused-ring (bicyclic) bond motifs is 1. The number of amides is 2. The van der Waals surface area contributed by atoms with Crippen molar-refractivity contribution >= 4 is 17.5 Å². The number of hydrogen-bond acceptors (Lipinski definition) is 4. The van der Waals surface area contributed by atoms with E-state index in [4.69, 9.17) is 16.2 Å². The van der Waals surface area contributed by atoms with Crippen molar-refractivity contribution in [1.82, 2.24) is 0 Å². The van der Waals surface area contributed by atoms with Gasteiger partial charge in [-0.25, -0.2) is 8.78 Å². The molecule has 0 saturated carbocycles. The second-order valence-electron chi connectivity index (χ2n) is 6.87. The lowest BCUT2D eigenvalue weighted by Gasteiger charge is -2.25. The van der Waals surface area contributed by atoms with Gasteiger partial charge in [-0.1, -0.05) is 18.2 Å².